The maximum Gasteiger partial charge on any atom is 0.259 e. The SMILES string of the molecule is Cc1ccc(NC(=O)c2cccnc2N2CCCCC2)cc1S(=O)(=O)N1CCCCC1. The number of carbonyl (C=O) groups excluding carboxylic acids is 1. The molecule has 2 fully saturated rings. The first kappa shape index (κ1) is 21.8. The second-order valence-corrected chi connectivity index (χ2v) is 10.2. The molecule has 4 rings (SSSR count). The van der Waals surface area contributed by atoms with Gasteiger partial charge in [-0.2, -0.15) is 4.31 Å². The van der Waals surface area contributed by atoms with Crippen molar-refractivity contribution in [2.45, 2.75) is 50.3 Å². The summed E-state index contributed by atoms with van der Waals surface area (Å²) in [5, 5.41) is 2.89. The Morgan fingerprint density at radius 3 is 2.35 bits per heavy atom. The fourth-order valence-corrected chi connectivity index (χ4v) is 6.10. The van der Waals surface area contributed by atoms with E-state index in [1.54, 1.807) is 47.8 Å². The summed E-state index contributed by atoms with van der Waals surface area (Å²) < 4.78 is 27.9. The number of piperidine rings is 2. The molecule has 1 aromatic carbocycles. The zero-order valence-electron chi connectivity index (χ0n) is 18.0. The number of nitrogens with zero attached hydrogens (tertiary/aromatic N) is 3. The van der Waals surface area contributed by atoms with Gasteiger partial charge in [0.05, 0.1) is 10.5 Å². The Bertz CT molecular complexity index is 1040. The van der Waals surface area contributed by atoms with E-state index in [4.69, 9.17) is 0 Å². The summed E-state index contributed by atoms with van der Waals surface area (Å²) in [6.45, 7) is 4.67. The van der Waals surface area contributed by atoms with E-state index in [0.717, 1.165) is 45.2 Å². The largest absolute Gasteiger partial charge is 0.356 e. The molecule has 1 N–H and O–H groups in total. The molecule has 2 aromatic rings. The number of sulfonamides is 1. The Balaban J connectivity index is 1.58. The Labute approximate surface area is 184 Å². The number of pyridine rings is 1. The van der Waals surface area contributed by atoms with Gasteiger partial charge >= 0.3 is 0 Å². The zero-order chi connectivity index (χ0) is 21.8. The van der Waals surface area contributed by atoms with Crippen molar-refractivity contribution in [3.05, 3.63) is 47.7 Å². The van der Waals surface area contributed by atoms with E-state index in [2.05, 4.69) is 15.2 Å². The van der Waals surface area contributed by atoms with Gasteiger partial charge in [0.15, 0.2) is 0 Å². The number of aromatic nitrogens is 1. The van der Waals surface area contributed by atoms with Crippen LogP contribution in [0.2, 0.25) is 0 Å². The number of carbonyl (C=O) groups is 1. The van der Waals surface area contributed by atoms with Gasteiger partial charge in [0, 0.05) is 38.1 Å². The Morgan fingerprint density at radius 2 is 1.65 bits per heavy atom. The highest BCUT2D eigenvalue weighted by molar-refractivity contribution is 7.89. The molecule has 2 aliphatic heterocycles. The average molecular weight is 443 g/mol. The number of nitrogens with one attached hydrogen (secondary N) is 1. The summed E-state index contributed by atoms with van der Waals surface area (Å²) in [4.78, 5) is 20.0. The van der Waals surface area contributed by atoms with Crippen molar-refractivity contribution in [2.75, 3.05) is 36.4 Å². The summed E-state index contributed by atoms with van der Waals surface area (Å²) in [5.41, 5.74) is 1.66. The van der Waals surface area contributed by atoms with Crippen LogP contribution in [0.25, 0.3) is 0 Å². The van der Waals surface area contributed by atoms with Gasteiger partial charge in [-0.05, 0) is 68.9 Å². The predicted octanol–water partition coefficient (Wildman–Crippen LogP) is 3.81. The van der Waals surface area contributed by atoms with Crippen molar-refractivity contribution >= 4 is 27.4 Å². The molecule has 31 heavy (non-hydrogen) atoms. The van der Waals surface area contributed by atoms with Crippen molar-refractivity contribution < 1.29 is 13.2 Å². The van der Waals surface area contributed by atoms with Gasteiger partial charge in [-0.15, -0.1) is 0 Å². The lowest BCUT2D eigenvalue weighted by Crippen LogP contribution is -2.36. The first-order valence-corrected chi connectivity index (χ1v) is 12.5. The van der Waals surface area contributed by atoms with Crippen molar-refractivity contribution in [1.29, 1.82) is 0 Å². The fourth-order valence-electron chi connectivity index (χ4n) is 4.33. The van der Waals surface area contributed by atoms with Crippen LogP contribution in [0.1, 0.15) is 54.4 Å². The highest BCUT2D eigenvalue weighted by Gasteiger charge is 2.28. The number of anilines is 2. The molecule has 8 heteroatoms. The molecule has 1 amide bonds. The summed E-state index contributed by atoms with van der Waals surface area (Å²) >= 11 is 0. The first-order chi connectivity index (χ1) is 15.0. The molecule has 2 saturated heterocycles. The van der Waals surface area contributed by atoms with Crippen LogP contribution < -0.4 is 10.2 Å². The molecule has 166 valence electrons. The molecule has 0 aliphatic carbocycles. The van der Waals surface area contributed by atoms with E-state index in [1.165, 1.54) is 6.42 Å². The van der Waals surface area contributed by atoms with Crippen molar-refractivity contribution in [3.63, 3.8) is 0 Å². The van der Waals surface area contributed by atoms with Crippen LogP contribution in [0.5, 0.6) is 0 Å². The third-order valence-corrected chi connectivity index (χ3v) is 8.11. The lowest BCUT2D eigenvalue weighted by molar-refractivity contribution is 0.102. The van der Waals surface area contributed by atoms with E-state index >= 15 is 0 Å². The Morgan fingerprint density at radius 1 is 0.968 bits per heavy atom. The van der Waals surface area contributed by atoms with Gasteiger partial charge in [-0.1, -0.05) is 12.5 Å². The van der Waals surface area contributed by atoms with Gasteiger partial charge in [-0.3, -0.25) is 4.79 Å². The quantitative estimate of drug-likeness (QED) is 0.761. The minimum Gasteiger partial charge on any atom is -0.356 e. The van der Waals surface area contributed by atoms with Crippen LogP contribution in [0, 0.1) is 6.92 Å². The molecular formula is C23H30N4O3S. The second kappa shape index (κ2) is 9.36. The topological polar surface area (TPSA) is 82.6 Å². The molecule has 3 heterocycles. The lowest BCUT2D eigenvalue weighted by atomic mass is 10.1. The number of hydrogen-bond donors (Lipinski definition) is 1. The lowest BCUT2D eigenvalue weighted by Gasteiger charge is -2.29. The third kappa shape index (κ3) is 4.75. The Hall–Kier alpha value is -2.45. The standard InChI is InChI=1S/C23H30N4O3S/c1-18-10-11-19(17-21(18)31(29,30)27-15-6-3-7-16-27)25-23(28)20-9-8-12-24-22(20)26-13-4-2-5-14-26/h8-12,17H,2-7,13-16H2,1H3,(H,25,28). The number of rotatable bonds is 5. The molecule has 0 saturated carbocycles. The number of aryl methyl sites for hydroxylation is 1. The van der Waals surface area contributed by atoms with E-state index in [0.29, 0.717) is 35.7 Å². The maximum atomic E-state index is 13.2. The van der Waals surface area contributed by atoms with Crippen LogP contribution in [0.15, 0.2) is 41.4 Å². The highest BCUT2D eigenvalue weighted by atomic mass is 32.2. The van der Waals surface area contributed by atoms with Gasteiger partial charge < -0.3 is 10.2 Å². The van der Waals surface area contributed by atoms with E-state index in [-0.39, 0.29) is 10.8 Å². The molecule has 0 radical (unpaired) electrons. The molecule has 0 unspecified atom stereocenters. The van der Waals surface area contributed by atoms with Crippen molar-refractivity contribution in [2.24, 2.45) is 0 Å². The molecular weight excluding hydrogens is 412 g/mol. The minimum atomic E-state index is -3.58. The average Bonchev–Trinajstić information content (AvgIpc) is 2.81. The summed E-state index contributed by atoms with van der Waals surface area (Å²) in [7, 11) is -3.58. The van der Waals surface area contributed by atoms with Crippen molar-refractivity contribution in [1.82, 2.24) is 9.29 Å². The fraction of sp³-hybridized carbons (Fsp3) is 0.478. The van der Waals surface area contributed by atoms with Crippen LogP contribution in [-0.4, -0.2) is 49.8 Å². The zero-order valence-corrected chi connectivity index (χ0v) is 18.8. The van der Waals surface area contributed by atoms with Crippen LogP contribution >= 0.6 is 0 Å². The molecule has 1 aromatic heterocycles. The maximum absolute atomic E-state index is 13.2. The van der Waals surface area contributed by atoms with E-state index < -0.39 is 10.0 Å². The monoisotopic (exact) mass is 442 g/mol. The van der Waals surface area contributed by atoms with E-state index in [9.17, 15) is 13.2 Å². The summed E-state index contributed by atoms with van der Waals surface area (Å²) in [6.07, 6.45) is 7.91. The van der Waals surface area contributed by atoms with Crippen LogP contribution in [-0.2, 0) is 10.0 Å². The molecule has 7 nitrogen and oxygen atoms in total. The Kier molecular flexibility index (Phi) is 6.57. The predicted molar refractivity (Wildman–Crippen MR) is 122 cm³/mol. The smallest absolute Gasteiger partial charge is 0.259 e. The highest BCUT2D eigenvalue weighted by Crippen LogP contribution is 2.27. The molecule has 2 aliphatic rings. The van der Waals surface area contributed by atoms with E-state index in [1.807, 2.05) is 0 Å². The summed E-state index contributed by atoms with van der Waals surface area (Å²) in [6, 6.07) is 8.60. The van der Waals surface area contributed by atoms with Crippen molar-refractivity contribution in [3.8, 4) is 0 Å². The van der Waals surface area contributed by atoms with Crippen LogP contribution in [0.3, 0.4) is 0 Å². The van der Waals surface area contributed by atoms with Gasteiger partial charge in [0.2, 0.25) is 10.0 Å². The third-order valence-electron chi connectivity index (χ3n) is 6.07. The normalized spacial score (nSPS) is 18.0. The van der Waals surface area contributed by atoms with Gasteiger partial charge in [0.1, 0.15) is 5.82 Å². The number of amides is 1. The van der Waals surface area contributed by atoms with Gasteiger partial charge in [0.25, 0.3) is 5.91 Å². The summed E-state index contributed by atoms with van der Waals surface area (Å²) in [5.74, 6) is 0.409. The molecule has 0 atom stereocenters. The van der Waals surface area contributed by atoms with Gasteiger partial charge in [-0.25, -0.2) is 13.4 Å². The second-order valence-electron chi connectivity index (χ2n) is 8.32. The number of hydrogen-bond acceptors (Lipinski definition) is 5. The van der Waals surface area contributed by atoms with Crippen LogP contribution in [0.4, 0.5) is 11.5 Å². The minimum absolute atomic E-state index is 0.259. The number of benzene rings is 1. The molecule has 0 bridgehead atoms. The first-order valence-electron chi connectivity index (χ1n) is 11.1. The molecule has 0 spiro atoms.